The molecule has 0 bridgehead atoms. The third-order valence-electron chi connectivity index (χ3n) is 2.36. The van der Waals surface area contributed by atoms with Crippen molar-refractivity contribution in [2.45, 2.75) is 52.3 Å². The van der Waals surface area contributed by atoms with E-state index in [2.05, 4.69) is 38.0 Å². The van der Waals surface area contributed by atoms with Crippen molar-refractivity contribution in [1.29, 1.82) is 0 Å². The number of carbonyl (C=O) groups excluding carboxylic acids is 1. The van der Waals surface area contributed by atoms with Crippen LogP contribution in [0.15, 0.2) is 15.2 Å². The molecule has 1 rings (SSSR count). The van der Waals surface area contributed by atoms with E-state index >= 15 is 0 Å². The Kier molecular flexibility index (Phi) is 6.04. The second kappa shape index (κ2) is 6.91. The van der Waals surface area contributed by atoms with Crippen LogP contribution in [0.3, 0.4) is 0 Å². The zero-order chi connectivity index (χ0) is 15.4. The summed E-state index contributed by atoms with van der Waals surface area (Å²) in [7, 11) is 0. The van der Waals surface area contributed by atoms with Crippen molar-refractivity contribution in [3.63, 3.8) is 0 Å². The van der Waals surface area contributed by atoms with Crippen molar-refractivity contribution in [2.24, 2.45) is 0 Å². The van der Waals surface area contributed by atoms with Gasteiger partial charge in [-0.25, -0.2) is 4.79 Å². The van der Waals surface area contributed by atoms with Gasteiger partial charge in [-0.1, -0.05) is 0 Å². The SMILES string of the molecule is CC(C)(CNCc1csc(Br)c1)NC(=O)OC(C)(C)C. The monoisotopic (exact) mass is 362 g/mol. The van der Waals surface area contributed by atoms with Crippen LogP contribution in [0.25, 0.3) is 0 Å². The molecule has 0 fully saturated rings. The Bertz CT molecular complexity index is 452. The van der Waals surface area contributed by atoms with E-state index < -0.39 is 5.60 Å². The molecular formula is C14H23BrN2O2S. The van der Waals surface area contributed by atoms with Crippen LogP contribution in [0.5, 0.6) is 0 Å². The highest BCUT2D eigenvalue weighted by Gasteiger charge is 2.24. The Balaban J connectivity index is 2.35. The number of thiophene rings is 1. The predicted octanol–water partition coefficient (Wildman–Crippen LogP) is 3.90. The molecule has 20 heavy (non-hydrogen) atoms. The first-order valence-corrected chi connectivity index (χ1v) is 8.19. The van der Waals surface area contributed by atoms with Gasteiger partial charge < -0.3 is 15.4 Å². The number of nitrogens with one attached hydrogen (secondary N) is 2. The first kappa shape index (κ1) is 17.5. The number of carbonyl (C=O) groups is 1. The van der Waals surface area contributed by atoms with E-state index in [1.54, 1.807) is 11.3 Å². The molecular weight excluding hydrogens is 340 g/mol. The largest absolute Gasteiger partial charge is 0.444 e. The van der Waals surface area contributed by atoms with Gasteiger partial charge in [0.05, 0.1) is 9.33 Å². The highest BCUT2D eigenvalue weighted by molar-refractivity contribution is 9.11. The van der Waals surface area contributed by atoms with E-state index in [0.717, 1.165) is 10.3 Å². The maximum atomic E-state index is 11.7. The Labute approximate surface area is 133 Å². The molecule has 0 radical (unpaired) electrons. The molecule has 0 aliphatic heterocycles. The molecule has 0 aliphatic rings. The van der Waals surface area contributed by atoms with Crippen LogP contribution < -0.4 is 10.6 Å². The zero-order valence-electron chi connectivity index (χ0n) is 12.7. The molecule has 1 amide bonds. The van der Waals surface area contributed by atoms with Crippen LogP contribution in [0, 0.1) is 0 Å². The topological polar surface area (TPSA) is 50.4 Å². The molecule has 0 atom stereocenters. The Morgan fingerprint density at radius 1 is 1.35 bits per heavy atom. The smallest absolute Gasteiger partial charge is 0.408 e. The summed E-state index contributed by atoms with van der Waals surface area (Å²) in [5.41, 5.74) is 0.390. The molecule has 0 aromatic carbocycles. The molecule has 4 nitrogen and oxygen atoms in total. The van der Waals surface area contributed by atoms with E-state index in [1.165, 1.54) is 5.56 Å². The summed E-state index contributed by atoms with van der Waals surface area (Å²) in [4.78, 5) is 11.7. The van der Waals surface area contributed by atoms with Gasteiger partial charge in [-0.2, -0.15) is 0 Å². The van der Waals surface area contributed by atoms with Crippen LogP contribution in [-0.4, -0.2) is 23.8 Å². The van der Waals surface area contributed by atoms with Gasteiger partial charge in [-0.15, -0.1) is 11.3 Å². The van der Waals surface area contributed by atoms with Gasteiger partial charge in [0, 0.05) is 13.1 Å². The second-order valence-electron chi connectivity index (χ2n) is 6.37. The minimum Gasteiger partial charge on any atom is -0.444 e. The molecule has 0 saturated carbocycles. The normalized spacial score (nSPS) is 12.3. The highest BCUT2D eigenvalue weighted by Crippen LogP contribution is 2.20. The fourth-order valence-corrected chi connectivity index (χ4v) is 2.79. The van der Waals surface area contributed by atoms with Crippen molar-refractivity contribution in [3.8, 4) is 0 Å². The number of hydrogen-bond acceptors (Lipinski definition) is 4. The Morgan fingerprint density at radius 2 is 2.00 bits per heavy atom. The van der Waals surface area contributed by atoms with Crippen LogP contribution in [0.4, 0.5) is 4.79 Å². The molecule has 1 aromatic heterocycles. The van der Waals surface area contributed by atoms with Crippen LogP contribution in [0.2, 0.25) is 0 Å². The molecule has 0 saturated heterocycles. The molecule has 2 N–H and O–H groups in total. The minimum absolute atomic E-state index is 0.365. The number of ether oxygens (including phenoxy) is 1. The van der Waals surface area contributed by atoms with Gasteiger partial charge in [0.2, 0.25) is 0 Å². The first-order chi connectivity index (χ1) is 9.07. The molecule has 114 valence electrons. The van der Waals surface area contributed by atoms with Crippen molar-refractivity contribution >= 4 is 33.4 Å². The van der Waals surface area contributed by atoms with Gasteiger partial charge in [-0.3, -0.25) is 0 Å². The zero-order valence-corrected chi connectivity index (χ0v) is 15.1. The van der Waals surface area contributed by atoms with E-state index in [4.69, 9.17) is 4.74 Å². The van der Waals surface area contributed by atoms with Crippen LogP contribution >= 0.6 is 27.3 Å². The summed E-state index contributed by atoms with van der Waals surface area (Å²) in [5.74, 6) is 0. The number of amides is 1. The summed E-state index contributed by atoms with van der Waals surface area (Å²) in [6.45, 7) is 10.9. The summed E-state index contributed by atoms with van der Waals surface area (Å²) in [6.07, 6.45) is -0.387. The van der Waals surface area contributed by atoms with Crippen LogP contribution in [-0.2, 0) is 11.3 Å². The Morgan fingerprint density at radius 3 is 2.50 bits per heavy atom. The predicted molar refractivity (Wildman–Crippen MR) is 87.2 cm³/mol. The summed E-state index contributed by atoms with van der Waals surface area (Å²) >= 11 is 5.11. The fourth-order valence-electron chi connectivity index (χ4n) is 1.58. The number of hydrogen-bond donors (Lipinski definition) is 2. The maximum Gasteiger partial charge on any atom is 0.408 e. The van der Waals surface area contributed by atoms with E-state index in [9.17, 15) is 4.79 Å². The lowest BCUT2D eigenvalue weighted by atomic mass is 10.1. The van der Waals surface area contributed by atoms with Gasteiger partial charge in [0.25, 0.3) is 0 Å². The van der Waals surface area contributed by atoms with E-state index in [1.807, 2.05) is 34.6 Å². The van der Waals surface area contributed by atoms with E-state index in [-0.39, 0.29) is 11.6 Å². The van der Waals surface area contributed by atoms with Gasteiger partial charge in [0.1, 0.15) is 5.60 Å². The molecule has 1 aromatic rings. The molecule has 1 heterocycles. The number of alkyl carbamates (subject to hydrolysis) is 1. The first-order valence-electron chi connectivity index (χ1n) is 6.52. The van der Waals surface area contributed by atoms with Gasteiger partial charge >= 0.3 is 6.09 Å². The van der Waals surface area contributed by atoms with Crippen molar-refractivity contribution < 1.29 is 9.53 Å². The molecule has 0 unspecified atom stereocenters. The molecule has 0 aliphatic carbocycles. The lowest BCUT2D eigenvalue weighted by Crippen LogP contribution is -2.51. The van der Waals surface area contributed by atoms with Gasteiger partial charge in [-0.05, 0) is 67.6 Å². The fraction of sp³-hybridized carbons (Fsp3) is 0.643. The summed E-state index contributed by atoms with van der Waals surface area (Å²) in [5, 5.41) is 8.32. The van der Waals surface area contributed by atoms with Crippen LogP contribution in [0.1, 0.15) is 40.2 Å². The number of halogens is 1. The summed E-state index contributed by atoms with van der Waals surface area (Å²) < 4.78 is 6.38. The minimum atomic E-state index is -0.476. The third kappa shape index (κ3) is 7.26. The Hall–Kier alpha value is -0.590. The average Bonchev–Trinajstić information content (AvgIpc) is 2.59. The van der Waals surface area contributed by atoms with Crippen molar-refractivity contribution in [2.75, 3.05) is 6.54 Å². The van der Waals surface area contributed by atoms with Crippen molar-refractivity contribution in [3.05, 3.63) is 20.8 Å². The maximum absolute atomic E-state index is 11.7. The lowest BCUT2D eigenvalue weighted by molar-refractivity contribution is 0.0472. The van der Waals surface area contributed by atoms with Gasteiger partial charge in [0.15, 0.2) is 0 Å². The third-order valence-corrected chi connectivity index (χ3v) is 3.91. The lowest BCUT2D eigenvalue weighted by Gasteiger charge is -2.28. The number of rotatable bonds is 5. The molecule has 0 spiro atoms. The summed E-state index contributed by atoms with van der Waals surface area (Å²) in [6, 6.07) is 2.09. The standard InChI is InChI=1S/C14H23BrN2O2S/c1-13(2,3)19-12(18)17-14(4,5)9-16-7-10-6-11(15)20-8-10/h6,8,16H,7,9H2,1-5H3,(H,17,18). The quantitative estimate of drug-likeness (QED) is 0.834. The average molecular weight is 363 g/mol. The highest BCUT2D eigenvalue weighted by atomic mass is 79.9. The second-order valence-corrected chi connectivity index (χ2v) is 8.66. The van der Waals surface area contributed by atoms with Crippen molar-refractivity contribution in [1.82, 2.24) is 10.6 Å². The molecule has 6 heteroatoms. The van der Waals surface area contributed by atoms with E-state index in [0.29, 0.717) is 6.54 Å².